The summed E-state index contributed by atoms with van der Waals surface area (Å²) in [5.74, 6) is -2.00. The second-order valence-corrected chi connectivity index (χ2v) is 8.94. The van der Waals surface area contributed by atoms with E-state index in [1.165, 1.54) is 12.1 Å². The Bertz CT molecular complexity index is 753. The van der Waals surface area contributed by atoms with Crippen molar-refractivity contribution in [3.05, 3.63) is 35.4 Å². The van der Waals surface area contributed by atoms with Crippen molar-refractivity contribution in [3.63, 3.8) is 0 Å². The molecule has 0 radical (unpaired) electrons. The van der Waals surface area contributed by atoms with Gasteiger partial charge in [0.15, 0.2) is 0 Å². The van der Waals surface area contributed by atoms with Gasteiger partial charge < -0.3 is 20.2 Å². The van der Waals surface area contributed by atoms with Crippen LogP contribution in [0.3, 0.4) is 0 Å². The summed E-state index contributed by atoms with van der Waals surface area (Å²) in [5.41, 5.74) is 1.34. The normalized spacial score (nSPS) is 22.6. The molecular formula is C25H37F2NO5. The molecule has 6 nitrogen and oxygen atoms in total. The fraction of sp³-hybridized carbons (Fsp3) is 0.680. The number of carbonyl (C=O) groups is 1. The fourth-order valence-electron chi connectivity index (χ4n) is 4.67. The first-order valence-electron chi connectivity index (χ1n) is 12.0. The molecule has 1 aliphatic rings. The number of aliphatic hydroxyl groups excluding tert-OH is 2. The van der Waals surface area contributed by atoms with E-state index in [1.807, 2.05) is 6.92 Å². The average molecular weight is 470 g/mol. The molecule has 0 aromatic heterocycles. The van der Waals surface area contributed by atoms with Crippen molar-refractivity contribution in [2.24, 2.45) is 17.0 Å². The van der Waals surface area contributed by atoms with Crippen LogP contribution in [0.15, 0.2) is 23.4 Å². The molecule has 4 atom stereocenters. The maximum absolute atomic E-state index is 13.4. The molecule has 33 heavy (non-hydrogen) atoms. The lowest BCUT2D eigenvalue weighted by molar-refractivity contribution is -0.137. The van der Waals surface area contributed by atoms with Crippen LogP contribution in [0, 0.1) is 23.5 Å². The Morgan fingerprint density at radius 3 is 2.48 bits per heavy atom. The number of unbranched alkanes of at least 4 members (excludes halogenated alkanes) is 3. The number of carboxylic acid groups (broad SMARTS) is 1. The Balaban J connectivity index is 1.87. The van der Waals surface area contributed by atoms with Gasteiger partial charge in [0, 0.05) is 24.8 Å². The molecule has 1 aliphatic carbocycles. The van der Waals surface area contributed by atoms with Crippen molar-refractivity contribution in [1.82, 2.24) is 0 Å². The summed E-state index contributed by atoms with van der Waals surface area (Å²) in [6.45, 7) is 2.28. The molecule has 0 amide bonds. The van der Waals surface area contributed by atoms with Crippen molar-refractivity contribution in [1.29, 1.82) is 0 Å². The third-order valence-corrected chi connectivity index (χ3v) is 6.35. The minimum Gasteiger partial charge on any atom is -0.481 e. The van der Waals surface area contributed by atoms with Gasteiger partial charge in [-0.05, 0) is 69.1 Å². The first kappa shape index (κ1) is 27.2. The predicted octanol–water partition coefficient (Wildman–Crippen LogP) is 4.85. The van der Waals surface area contributed by atoms with Gasteiger partial charge in [-0.3, -0.25) is 4.79 Å². The third kappa shape index (κ3) is 9.76. The fourth-order valence-corrected chi connectivity index (χ4v) is 4.67. The summed E-state index contributed by atoms with van der Waals surface area (Å²) in [4.78, 5) is 15.9. The highest BCUT2D eigenvalue weighted by atomic mass is 19.1. The van der Waals surface area contributed by atoms with E-state index < -0.39 is 29.8 Å². The van der Waals surface area contributed by atoms with Gasteiger partial charge in [0.2, 0.25) is 0 Å². The molecule has 0 bridgehead atoms. The monoisotopic (exact) mass is 469 g/mol. The van der Waals surface area contributed by atoms with Crippen molar-refractivity contribution in [2.75, 3.05) is 6.61 Å². The minimum absolute atomic E-state index is 0.00633. The largest absolute Gasteiger partial charge is 0.481 e. The Hall–Kier alpha value is -2.06. The lowest BCUT2D eigenvalue weighted by atomic mass is 9.84. The zero-order chi connectivity index (χ0) is 24.2. The number of hydrogen-bond donors (Lipinski definition) is 3. The molecule has 0 saturated heterocycles. The lowest BCUT2D eigenvalue weighted by Crippen LogP contribution is -2.22. The summed E-state index contributed by atoms with van der Waals surface area (Å²) >= 11 is 0. The van der Waals surface area contributed by atoms with Crippen LogP contribution in [0.4, 0.5) is 8.78 Å². The van der Waals surface area contributed by atoms with E-state index in [2.05, 4.69) is 5.16 Å². The maximum Gasteiger partial charge on any atom is 0.303 e. The van der Waals surface area contributed by atoms with E-state index in [1.54, 1.807) is 0 Å². The van der Waals surface area contributed by atoms with Crippen molar-refractivity contribution in [2.45, 2.75) is 89.8 Å². The summed E-state index contributed by atoms with van der Waals surface area (Å²) in [5, 5.41) is 34.0. The first-order valence-corrected chi connectivity index (χ1v) is 12.0. The molecular weight excluding hydrogens is 432 g/mol. The summed E-state index contributed by atoms with van der Waals surface area (Å²) in [6, 6.07) is 3.39. The van der Waals surface area contributed by atoms with Crippen molar-refractivity contribution < 1.29 is 33.7 Å². The van der Waals surface area contributed by atoms with E-state index >= 15 is 0 Å². The number of aliphatic hydroxyl groups is 2. The van der Waals surface area contributed by atoms with Crippen LogP contribution in [0.1, 0.15) is 76.7 Å². The summed E-state index contributed by atoms with van der Waals surface area (Å²) in [7, 11) is 0. The molecule has 0 heterocycles. The van der Waals surface area contributed by atoms with Crippen LogP contribution in [-0.4, -0.2) is 45.8 Å². The molecule has 8 heteroatoms. The van der Waals surface area contributed by atoms with Crippen molar-refractivity contribution in [3.8, 4) is 0 Å². The zero-order valence-electron chi connectivity index (χ0n) is 19.4. The SMILES string of the molecule is CCON=C1C[C@H](O)[C@H](CCCCCCC(=O)O)[C@H]1CC[C@@H](O)CCc1cc(F)cc(F)c1. The van der Waals surface area contributed by atoms with E-state index in [4.69, 9.17) is 9.94 Å². The van der Waals surface area contributed by atoms with E-state index in [0.29, 0.717) is 50.7 Å². The third-order valence-electron chi connectivity index (χ3n) is 6.35. The van der Waals surface area contributed by atoms with Gasteiger partial charge >= 0.3 is 5.97 Å². The van der Waals surface area contributed by atoms with E-state index in [-0.39, 0.29) is 18.3 Å². The maximum atomic E-state index is 13.4. The molecule has 0 spiro atoms. The zero-order valence-corrected chi connectivity index (χ0v) is 19.4. The molecule has 1 fully saturated rings. The number of carboxylic acids is 1. The number of benzene rings is 1. The Morgan fingerprint density at radius 2 is 1.82 bits per heavy atom. The van der Waals surface area contributed by atoms with Gasteiger partial charge in [0.25, 0.3) is 0 Å². The van der Waals surface area contributed by atoms with Gasteiger partial charge in [-0.15, -0.1) is 0 Å². The summed E-state index contributed by atoms with van der Waals surface area (Å²) in [6.07, 6.45) is 5.52. The number of hydrogen-bond acceptors (Lipinski definition) is 5. The Labute approximate surface area is 194 Å². The van der Waals surface area contributed by atoms with E-state index in [9.17, 15) is 23.8 Å². The summed E-state index contributed by atoms with van der Waals surface area (Å²) < 4.78 is 26.7. The molecule has 1 saturated carbocycles. The molecule has 1 aromatic rings. The number of halogens is 2. The Morgan fingerprint density at radius 1 is 1.12 bits per heavy atom. The topological polar surface area (TPSA) is 99.4 Å². The second-order valence-electron chi connectivity index (χ2n) is 8.94. The number of nitrogens with zero attached hydrogens (tertiary/aromatic N) is 1. The average Bonchev–Trinajstić information content (AvgIpc) is 3.05. The quantitative estimate of drug-likeness (QED) is 0.252. The molecule has 3 N–H and O–H groups in total. The van der Waals surface area contributed by atoms with Crippen molar-refractivity contribution >= 4 is 11.7 Å². The van der Waals surface area contributed by atoms with Crippen LogP contribution in [-0.2, 0) is 16.1 Å². The van der Waals surface area contributed by atoms with Gasteiger partial charge in [0.1, 0.15) is 18.2 Å². The highest BCUT2D eigenvalue weighted by Gasteiger charge is 2.39. The van der Waals surface area contributed by atoms with Gasteiger partial charge in [-0.1, -0.05) is 24.4 Å². The lowest BCUT2D eigenvalue weighted by Gasteiger charge is -2.23. The number of aliphatic carboxylic acids is 1. The van der Waals surface area contributed by atoms with Gasteiger partial charge in [-0.2, -0.15) is 0 Å². The number of aryl methyl sites for hydroxylation is 1. The van der Waals surface area contributed by atoms with Crippen LogP contribution >= 0.6 is 0 Å². The Kier molecular flexibility index (Phi) is 11.7. The molecule has 2 rings (SSSR count). The van der Waals surface area contributed by atoms with Gasteiger partial charge in [-0.25, -0.2) is 8.78 Å². The molecule has 1 aromatic carbocycles. The standard InChI is InChI=1S/C25H37F2NO5/c1-2-33-28-23-16-24(30)22(7-5-3-4-6-8-25(31)32)21(23)12-11-20(29)10-9-17-13-18(26)15-19(27)14-17/h13-15,20-22,24,29-30H,2-12,16H2,1H3,(H,31,32)/t20-,21+,22+,24-/m0/s1. The van der Waals surface area contributed by atoms with Crippen LogP contribution in [0.5, 0.6) is 0 Å². The second kappa shape index (κ2) is 14.3. The number of oxime groups is 1. The number of rotatable bonds is 15. The van der Waals surface area contributed by atoms with Gasteiger partial charge in [0.05, 0.1) is 17.9 Å². The predicted molar refractivity (Wildman–Crippen MR) is 122 cm³/mol. The van der Waals surface area contributed by atoms with Crippen LogP contribution in [0.25, 0.3) is 0 Å². The van der Waals surface area contributed by atoms with E-state index in [0.717, 1.165) is 37.5 Å². The molecule has 0 aliphatic heterocycles. The van der Waals surface area contributed by atoms with Crippen LogP contribution in [0.2, 0.25) is 0 Å². The molecule has 186 valence electrons. The highest BCUT2D eigenvalue weighted by molar-refractivity contribution is 5.89. The highest BCUT2D eigenvalue weighted by Crippen LogP contribution is 2.37. The smallest absolute Gasteiger partial charge is 0.303 e. The van der Waals surface area contributed by atoms with Crippen LogP contribution < -0.4 is 0 Å². The minimum atomic E-state index is -0.779. The first-order chi connectivity index (χ1) is 15.8. The molecule has 0 unspecified atom stereocenters.